The number of nitrogens with zero attached hydrogens (tertiary/aromatic N) is 1. The Kier molecular flexibility index (Phi) is 3.45. The molecule has 1 saturated heterocycles. The van der Waals surface area contributed by atoms with E-state index in [4.69, 9.17) is 0 Å². The van der Waals surface area contributed by atoms with E-state index >= 15 is 0 Å². The van der Waals surface area contributed by atoms with Gasteiger partial charge in [-0.3, -0.25) is 4.79 Å². The quantitative estimate of drug-likeness (QED) is 0.731. The Hall–Kier alpha value is -2.55. The molecule has 0 aliphatic carbocycles. The van der Waals surface area contributed by atoms with Gasteiger partial charge in [-0.25, -0.2) is 0 Å². The number of carbonyl (C=O) groups excluding carboxylic acids is 1. The molecule has 24 heavy (non-hydrogen) atoms. The smallest absolute Gasteiger partial charge is 0.271 e. The molecule has 0 bridgehead atoms. The second kappa shape index (κ2) is 5.52. The molecule has 1 amide bonds. The van der Waals surface area contributed by atoms with Gasteiger partial charge in [0.2, 0.25) is 0 Å². The third kappa shape index (κ3) is 2.15. The first kappa shape index (κ1) is 15.0. The average Bonchev–Trinajstić information content (AvgIpc) is 2.90. The number of hydrogen-bond donors (Lipinski definition) is 1. The van der Waals surface area contributed by atoms with Crippen molar-refractivity contribution in [1.29, 1.82) is 0 Å². The molecule has 3 heteroatoms. The molecule has 1 unspecified atom stereocenters. The molecular weight excluding hydrogens is 296 g/mol. The lowest BCUT2D eigenvalue weighted by Crippen LogP contribution is -2.45. The minimum atomic E-state index is 0.114. The summed E-state index contributed by atoms with van der Waals surface area (Å²) in [7, 11) is 0. The number of H-pyrrole nitrogens is 1. The van der Waals surface area contributed by atoms with Crippen LogP contribution in [0.4, 0.5) is 0 Å². The van der Waals surface area contributed by atoms with E-state index in [1.807, 2.05) is 23.1 Å². The first-order chi connectivity index (χ1) is 11.6. The minimum Gasteiger partial charge on any atom is -0.350 e. The van der Waals surface area contributed by atoms with Crippen molar-refractivity contribution in [2.45, 2.75) is 33.2 Å². The monoisotopic (exact) mass is 318 g/mol. The van der Waals surface area contributed by atoms with Gasteiger partial charge in [0.1, 0.15) is 5.69 Å². The van der Waals surface area contributed by atoms with Crippen LogP contribution >= 0.6 is 0 Å². The Morgan fingerprint density at radius 3 is 2.38 bits per heavy atom. The van der Waals surface area contributed by atoms with E-state index in [0.29, 0.717) is 0 Å². The summed E-state index contributed by atoms with van der Waals surface area (Å²) in [6.07, 6.45) is 1.03. The SMILES string of the molecule is Cc1ccc(C)c2c(C)c(C(=O)N3CCC3c3ccccc3)[nH]c12. The summed E-state index contributed by atoms with van der Waals surface area (Å²) < 4.78 is 0. The molecule has 122 valence electrons. The van der Waals surface area contributed by atoms with Crippen LogP contribution in [0.3, 0.4) is 0 Å². The molecule has 1 N–H and O–H groups in total. The first-order valence-corrected chi connectivity index (χ1v) is 8.52. The van der Waals surface area contributed by atoms with Gasteiger partial charge < -0.3 is 9.88 Å². The summed E-state index contributed by atoms with van der Waals surface area (Å²) in [5.41, 5.74) is 6.51. The van der Waals surface area contributed by atoms with Crippen LogP contribution in [0.15, 0.2) is 42.5 Å². The molecule has 2 heterocycles. The molecule has 1 aliphatic rings. The van der Waals surface area contributed by atoms with E-state index in [1.54, 1.807) is 0 Å². The third-order valence-electron chi connectivity index (χ3n) is 5.30. The Balaban J connectivity index is 1.73. The fourth-order valence-corrected chi connectivity index (χ4v) is 3.81. The number of fused-ring (bicyclic) bond motifs is 1. The second-order valence-corrected chi connectivity index (χ2v) is 6.79. The molecule has 3 aromatic rings. The average molecular weight is 318 g/mol. The van der Waals surface area contributed by atoms with Gasteiger partial charge in [0.15, 0.2) is 0 Å². The van der Waals surface area contributed by atoms with Crippen molar-refractivity contribution in [1.82, 2.24) is 9.88 Å². The van der Waals surface area contributed by atoms with Crippen molar-refractivity contribution < 1.29 is 4.79 Å². The third-order valence-corrected chi connectivity index (χ3v) is 5.30. The fraction of sp³-hybridized carbons (Fsp3) is 0.286. The van der Waals surface area contributed by atoms with Crippen LogP contribution in [-0.4, -0.2) is 22.3 Å². The molecular formula is C21H22N2O. The van der Waals surface area contributed by atoms with E-state index in [2.05, 4.69) is 50.0 Å². The zero-order valence-electron chi connectivity index (χ0n) is 14.4. The first-order valence-electron chi connectivity index (χ1n) is 8.52. The standard InChI is InChI=1S/C21H22N2O/c1-13-9-10-14(2)19-18(13)15(3)20(22-19)21(24)23-12-11-17(23)16-7-5-4-6-8-16/h4-10,17,22H,11-12H2,1-3H3. The van der Waals surface area contributed by atoms with Crippen LogP contribution < -0.4 is 0 Å². The van der Waals surface area contributed by atoms with Gasteiger partial charge in [-0.05, 0) is 49.4 Å². The van der Waals surface area contributed by atoms with Gasteiger partial charge in [-0.1, -0.05) is 42.5 Å². The maximum atomic E-state index is 13.1. The van der Waals surface area contributed by atoms with Gasteiger partial charge in [0.05, 0.1) is 6.04 Å². The lowest BCUT2D eigenvalue weighted by Gasteiger charge is -2.41. The van der Waals surface area contributed by atoms with E-state index in [0.717, 1.165) is 29.7 Å². The molecule has 1 aromatic heterocycles. The van der Waals surface area contributed by atoms with E-state index in [-0.39, 0.29) is 11.9 Å². The minimum absolute atomic E-state index is 0.114. The number of hydrogen-bond acceptors (Lipinski definition) is 1. The Labute approximate surface area is 142 Å². The van der Waals surface area contributed by atoms with Crippen LogP contribution in [0.2, 0.25) is 0 Å². The number of benzene rings is 2. The highest BCUT2D eigenvalue weighted by Crippen LogP contribution is 2.36. The van der Waals surface area contributed by atoms with Crippen LogP contribution in [0.5, 0.6) is 0 Å². The maximum absolute atomic E-state index is 13.1. The molecule has 0 spiro atoms. The van der Waals surface area contributed by atoms with Crippen molar-refractivity contribution in [2.75, 3.05) is 6.54 Å². The summed E-state index contributed by atoms with van der Waals surface area (Å²) in [4.78, 5) is 18.5. The molecule has 4 rings (SSSR count). The summed E-state index contributed by atoms with van der Waals surface area (Å²) in [6, 6.07) is 14.7. The number of aromatic nitrogens is 1. The fourth-order valence-electron chi connectivity index (χ4n) is 3.81. The highest BCUT2D eigenvalue weighted by atomic mass is 16.2. The van der Waals surface area contributed by atoms with Gasteiger partial charge in [-0.2, -0.15) is 0 Å². The molecule has 2 aromatic carbocycles. The Morgan fingerprint density at radius 1 is 1.04 bits per heavy atom. The normalized spacial score (nSPS) is 17.1. The highest BCUT2D eigenvalue weighted by Gasteiger charge is 2.35. The van der Waals surface area contributed by atoms with Crippen molar-refractivity contribution >= 4 is 16.8 Å². The van der Waals surface area contributed by atoms with Crippen LogP contribution in [0.25, 0.3) is 10.9 Å². The zero-order chi connectivity index (χ0) is 16.8. The topological polar surface area (TPSA) is 36.1 Å². The van der Waals surface area contributed by atoms with Gasteiger partial charge in [-0.15, -0.1) is 0 Å². The van der Waals surface area contributed by atoms with E-state index in [9.17, 15) is 4.79 Å². The summed E-state index contributed by atoms with van der Waals surface area (Å²) in [5, 5.41) is 1.19. The van der Waals surface area contributed by atoms with Gasteiger partial charge >= 0.3 is 0 Å². The van der Waals surface area contributed by atoms with Gasteiger partial charge in [0.25, 0.3) is 5.91 Å². The number of carbonyl (C=O) groups is 1. The second-order valence-electron chi connectivity index (χ2n) is 6.79. The van der Waals surface area contributed by atoms with Crippen molar-refractivity contribution in [2.24, 2.45) is 0 Å². The lowest BCUT2D eigenvalue weighted by molar-refractivity contribution is 0.0454. The summed E-state index contributed by atoms with van der Waals surface area (Å²) in [5.74, 6) is 0.114. The molecule has 3 nitrogen and oxygen atoms in total. The number of aromatic amines is 1. The molecule has 1 aliphatic heterocycles. The van der Waals surface area contributed by atoms with Crippen molar-refractivity contribution in [3.05, 3.63) is 70.4 Å². The Morgan fingerprint density at radius 2 is 1.75 bits per heavy atom. The van der Waals surface area contributed by atoms with Crippen LogP contribution in [0, 0.1) is 20.8 Å². The lowest BCUT2D eigenvalue weighted by atomic mass is 9.94. The maximum Gasteiger partial charge on any atom is 0.271 e. The number of likely N-dealkylation sites (tertiary alicyclic amines) is 1. The number of aryl methyl sites for hydroxylation is 3. The number of rotatable bonds is 2. The van der Waals surface area contributed by atoms with Gasteiger partial charge in [0, 0.05) is 17.4 Å². The zero-order valence-corrected chi connectivity index (χ0v) is 14.4. The number of nitrogens with one attached hydrogen (secondary N) is 1. The van der Waals surface area contributed by atoms with E-state index in [1.165, 1.54) is 22.1 Å². The molecule has 1 fully saturated rings. The highest BCUT2D eigenvalue weighted by molar-refractivity contribution is 6.03. The predicted octanol–water partition coefficient (Wildman–Crippen LogP) is 4.68. The van der Waals surface area contributed by atoms with Crippen molar-refractivity contribution in [3.8, 4) is 0 Å². The Bertz CT molecular complexity index is 924. The molecule has 0 saturated carbocycles. The van der Waals surface area contributed by atoms with Crippen LogP contribution in [0.1, 0.15) is 45.2 Å². The van der Waals surface area contributed by atoms with Crippen molar-refractivity contribution in [3.63, 3.8) is 0 Å². The molecule has 1 atom stereocenters. The molecule has 0 radical (unpaired) electrons. The largest absolute Gasteiger partial charge is 0.350 e. The number of amides is 1. The van der Waals surface area contributed by atoms with Crippen LogP contribution in [-0.2, 0) is 0 Å². The van der Waals surface area contributed by atoms with E-state index < -0.39 is 0 Å². The summed E-state index contributed by atoms with van der Waals surface area (Å²) >= 11 is 0. The summed E-state index contributed by atoms with van der Waals surface area (Å²) in [6.45, 7) is 7.07. The predicted molar refractivity (Wildman–Crippen MR) is 97.3 cm³/mol.